The Bertz CT molecular complexity index is 389. The number of nitrogens with zero attached hydrogens (tertiary/aromatic N) is 1. The van der Waals surface area contributed by atoms with Crippen LogP contribution in [0.4, 0.5) is 0 Å². The first kappa shape index (κ1) is 15.6. The molecule has 1 N–H and O–H groups in total. The number of hydrogen-bond donors (Lipinski definition) is 1. The molecule has 1 atom stereocenters. The lowest BCUT2D eigenvalue weighted by Gasteiger charge is -2.26. The van der Waals surface area contributed by atoms with Gasteiger partial charge in [-0.15, -0.1) is 0 Å². The molecule has 0 aliphatic heterocycles. The summed E-state index contributed by atoms with van der Waals surface area (Å²) in [7, 11) is 3.48. The largest absolute Gasteiger partial charge is 0.385 e. The number of methoxy groups -OCH3 is 1. The molecule has 0 saturated heterocycles. The van der Waals surface area contributed by atoms with Gasteiger partial charge in [0.2, 0.25) is 0 Å². The van der Waals surface area contributed by atoms with Crippen LogP contribution >= 0.6 is 0 Å². The van der Waals surface area contributed by atoms with Gasteiger partial charge in [0.05, 0.1) is 6.07 Å². The monoisotopic (exact) mass is 262 g/mol. The smallest absolute Gasteiger partial charge is 0.134 e. The molecule has 0 amide bonds. The average molecular weight is 262 g/mol. The van der Waals surface area contributed by atoms with Gasteiger partial charge in [0.15, 0.2) is 0 Å². The maximum Gasteiger partial charge on any atom is 0.134 e. The third kappa shape index (κ3) is 4.64. The zero-order valence-corrected chi connectivity index (χ0v) is 11.7. The molecular weight excluding hydrogens is 240 g/mol. The number of benzene rings is 1. The van der Waals surface area contributed by atoms with Crippen LogP contribution in [0.5, 0.6) is 0 Å². The van der Waals surface area contributed by atoms with Gasteiger partial charge in [-0.25, -0.2) is 0 Å². The van der Waals surface area contributed by atoms with Crippen LogP contribution in [0, 0.1) is 11.3 Å². The van der Waals surface area contributed by atoms with Crippen molar-refractivity contribution >= 4 is 0 Å². The lowest BCUT2D eigenvalue weighted by Crippen LogP contribution is -2.39. The average Bonchev–Trinajstić information content (AvgIpc) is 2.48. The summed E-state index contributed by atoms with van der Waals surface area (Å²) in [4.78, 5) is 0. The molecular formula is C15H22N2O2. The molecule has 0 aliphatic carbocycles. The first-order chi connectivity index (χ1) is 9.29. The standard InChI is InChI=1S/C15H22N2O2/c1-17-15(13-16,14-7-4-3-5-8-14)9-12-19-11-6-10-18-2/h3-5,7-8,17H,6,9-12H2,1-2H3. The molecule has 0 aromatic heterocycles. The van der Waals surface area contributed by atoms with Crippen LogP contribution in [-0.2, 0) is 15.0 Å². The highest BCUT2D eigenvalue weighted by atomic mass is 16.5. The van der Waals surface area contributed by atoms with E-state index in [2.05, 4.69) is 11.4 Å². The molecule has 4 heteroatoms. The van der Waals surface area contributed by atoms with E-state index < -0.39 is 5.54 Å². The van der Waals surface area contributed by atoms with Crippen molar-refractivity contribution in [2.75, 3.05) is 34.0 Å². The molecule has 0 saturated carbocycles. The van der Waals surface area contributed by atoms with E-state index in [-0.39, 0.29) is 0 Å². The van der Waals surface area contributed by atoms with Crippen molar-refractivity contribution in [3.05, 3.63) is 35.9 Å². The molecule has 4 nitrogen and oxygen atoms in total. The zero-order valence-electron chi connectivity index (χ0n) is 11.7. The van der Waals surface area contributed by atoms with Gasteiger partial charge < -0.3 is 9.47 Å². The fourth-order valence-electron chi connectivity index (χ4n) is 1.95. The molecule has 0 spiro atoms. The van der Waals surface area contributed by atoms with Gasteiger partial charge >= 0.3 is 0 Å². The van der Waals surface area contributed by atoms with Gasteiger partial charge in [-0.1, -0.05) is 30.3 Å². The van der Waals surface area contributed by atoms with E-state index in [9.17, 15) is 5.26 Å². The third-order valence-electron chi connectivity index (χ3n) is 3.14. The molecule has 19 heavy (non-hydrogen) atoms. The summed E-state index contributed by atoms with van der Waals surface area (Å²) < 4.78 is 10.5. The summed E-state index contributed by atoms with van der Waals surface area (Å²) in [6.07, 6.45) is 1.50. The molecule has 104 valence electrons. The maximum atomic E-state index is 9.48. The van der Waals surface area contributed by atoms with Crippen LogP contribution in [-0.4, -0.2) is 34.0 Å². The lowest BCUT2D eigenvalue weighted by atomic mass is 9.88. The van der Waals surface area contributed by atoms with Crippen LogP contribution in [0.1, 0.15) is 18.4 Å². The van der Waals surface area contributed by atoms with Crippen molar-refractivity contribution in [3.8, 4) is 6.07 Å². The Morgan fingerprint density at radius 1 is 1.21 bits per heavy atom. The minimum atomic E-state index is -0.678. The van der Waals surface area contributed by atoms with Crippen molar-refractivity contribution in [3.63, 3.8) is 0 Å². The number of nitriles is 1. The summed E-state index contributed by atoms with van der Waals surface area (Å²) in [6.45, 7) is 1.91. The second-order valence-corrected chi connectivity index (χ2v) is 4.34. The highest BCUT2D eigenvalue weighted by molar-refractivity contribution is 5.31. The highest BCUT2D eigenvalue weighted by Gasteiger charge is 2.29. The second-order valence-electron chi connectivity index (χ2n) is 4.34. The fourth-order valence-corrected chi connectivity index (χ4v) is 1.95. The maximum absolute atomic E-state index is 9.48. The molecule has 1 rings (SSSR count). The van der Waals surface area contributed by atoms with Crippen molar-refractivity contribution in [2.24, 2.45) is 0 Å². The highest BCUT2D eigenvalue weighted by Crippen LogP contribution is 2.23. The van der Waals surface area contributed by atoms with Gasteiger partial charge in [0.25, 0.3) is 0 Å². The molecule has 0 fully saturated rings. The van der Waals surface area contributed by atoms with E-state index in [4.69, 9.17) is 9.47 Å². The number of hydrogen-bond acceptors (Lipinski definition) is 4. The summed E-state index contributed by atoms with van der Waals surface area (Å²) in [5.41, 5.74) is 0.295. The van der Waals surface area contributed by atoms with E-state index in [0.29, 0.717) is 26.2 Å². The molecule has 0 bridgehead atoms. The van der Waals surface area contributed by atoms with E-state index in [1.807, 2.05) is 30.3 Å². The van der Waals surface area contributed by atoms with Crippen molar-refractivity contribution in [1.82, 2.24) is 5.32 Å². The van der Waals surface area contributed by atoms with E-state index in [1.165, 1.54) is 0 Å². The SMILES string of the molecule is CNC(C#N)(CCOCCCOC)c1ccccc1. The van der Waals surface area contributed by atoms with E-state index >= 15 is 0 Å². The van der Waals surface area contributed by atoms with Crippen LogP contribution in [0.25, 0.3) is 0 Å². The summed E-state index contributed by atoms with van der Waals surface area (Å²) in [5, 5.41) is 12.6. The van der Waals surface area contributed by atoms with Crippen LogP contribution in [0.15, 0.2) is 30.3 Å². The van der Waals surface area contributed by atoms with Crippen molar-refractivity contribution < 1.29 is 9.47 Å². The molecule has 0 heterocycles. The Balaban J connectivity index is 2.52. The molecule has 1 aromatic carbocycles. The van der Waals surface area contributed by atoms with Crippen LogP contribution in [0.3, 0.4) is 0 Å². The van der Waals surface area contributed by atoms with Gasteiger partial charge in [0, 0.05) is 33.4 Å². The molecule has 0 radical (unpaired) electrons. The Kier molecular flexibility index (Phi) is 7.12. The Hall–Kier alpha value is -1.41. The molecule has 1 aromatic rings. The topological polar surface area (TPSA) is 54.3 Å². The predicted octanol–water partition coefficient (Wildman–Crippen LogP) is 2.07. The van der Waals surface area contributed by atoms with E-state index in [0.717, 1.165) is 12.0 Å². The van der Waals surface area contributed by atoms with Crippen molar-refractivity contribution in [2.45, 2.75) is 18.4 Å². The summed E-state index contributed by atoms with van der Waals surface area (Å²) in [5.74, 6) is 0. The minimum absolute atomic E-state index is 0.549. The first-order valence-corrected chi connectivity index (χ1v) is 6.51. The van der Waals surface area contributed by atoms with Gasteiger partial charge in [-0.3, -0.25) is 5.32 Å². The van der Waals surface area contributed by atoms with Crippen LogP contribution < -0.4 is 5.32 Å². The van der Waals surface area contributed by atoms with Crippen LogP contribution in [0.2, 0.25) is 0 Å². The summed E-state index contributed by atoms with van der Waals surface area (Å²) >= 11 is 0. The number of nitrogens with one attached hydrogen (secondary N) is 1. The third-order valence-corrected chi connectivity index (χ3v) is 3.14. The Morgan fingerprint density at radius 3 is 2.53 bits per heavy atom. The Labute approximate surface area is 115 Å². The zero-order chi connectivity index (χ0) is 14.0. The van der Waals surface area contributed by atoms with Gasteiger partial charge in [-0.2, -0.15) is 5.26 Å². The van der Waals surface area contributed by atoms with Crippen molar-refractivity contribution in [1.29, 1.82) is 5.26 Å². The van der Waals surface area contributed by atoms with Gasteiger partial charge in [0.1, 0.15) is 5.54 Å². The minimum Gasteiger partial charge on any atom is -0.385 e. The summed E-state index contributed by atoms with van der Waals surface area (Å²) in [6, 6.07) is 12.1. The first-order valence-electron chi connectivity index (χ1n) is 6.51. The number of ether oxygens (including phenoxy) is 2. The van der Waals surface area contributed by atoms with Gasteiger partial charge in [-0.05, 0) is 19.0 Å². The van der Waals surface area contributed by atoms with E-state index in [1.54, 1.807) is 14.2 Å². The molecule has 0 aliphatic rings. The molecule has 1 unspecified atom stereocenters. The second kappa shape index (κ2) is 8.65. The quantitative estimate of drug-likeness (QED) is 0.692. The Morgan fingerprint density at radius 2 is 1.95 bits per heavy atom. The normalized spacial score (nSPS) is 13.7. The fraction of sp³-hybridized carbons (Fsp3) is 0.533. The number of rotatable bonds is 9. The lowest BCUT2D eigenvalue weighted by molar-refractivity contribution is 0.0917. The predicted molar refractivity (Wildman–Crippen MR) is 74.7 cm³/mol.